The van der Waals surface area contributed by atoms with Gasteiger partial charge in [0.1, 0.15) is 0 Å². The van der Waals surface area contributed by atoms with Crippen molar-refractivity contribution >= 4 is 26.8 Å². The van der Waals surface area contributed by atoms with Crippen molar-refractivity contribution in [3.8, 4) is 0 Å². The van der Waals surface area contributed by atoms with Gasteiger partial charge in [0.05, 0.1) is 10.9 Å². The van der Waals surface area contributed by atoms with E-state index >= 15 is 0 Å². The lowest BCUT2D eigenvalue weighted by atomic mass is 10.1. The molecule has 0 amide bonds. The van der Waals surface area contributed by atoms with Crippen LogP contribution in [0.1, 0.15) is 18.2 Å². The Morgan fingerprint density at radius 1 is 1.40 bits per heavy atom. The number of benzene rings is 1. The fourth-order valence-corrected chi connectivity index (χ4v) is 2.23. The fraction of sp³-hybridized carbons (Fsp3) is 0.250. The van der Waals surface area contributed by atoms with Gasteiger partial charge in [0.25, 0.3) is 0 Å². The van der Waals surface area contributed by atoms with E-state index in [4.69, 9.17) is 0 Å². The summed E-state index contributed by atoms with van der Waals surface area (Å²) in [6, 6.07) is 5.59. The van der Waals surface area contributed by atoms with Crippen molar-refractivity contribution in [2.75, 3.05) is 0 Å². The Morgan fingerprint density at radius 2 is 2.13 bits per heavy atom. The van der Waals surface area contributed by atoms with E-state index < -0.39 is 0 Å². The maximum atomic E-state index is 11.9. The van der Waals surface area contributed by atoms with Crippen molar-refractivity contribution in [1.29, 1.82) is 0 Å². The van der Waals surface area contributed by atoms with Crippen LogP contribution in [0.25, 0.3) is 10.9 Å². The lowest BCUT2D eigenvalue weighted by molar-refractivity contribution is 1.05. The topological polar surface area (TPSA) is 32.9 Å². The third-order valence-corrected chi connectivity index (χ3v) is 3.24. The van der Waals surface area contributed by atoms with Gasteiger partial charge in [-0.05, 0) is 40.9 Å². The number of aryl methyl sites for hydroxylation is 2. The second-order valence-corrected chi connectivity index (χ2v) is 4.48. The van der Waals surface area contributed by atoms with Crippen LogP contribution in [0.3, 0.4) is 0 Å². The van der Waals surface area contributed by atoms with E-state index in [9.17, 15) is 4.79 Å². The number of rotatable bonds is 1. The maximum Gasteiger partial charge on any atom is 0.190 e. The quantitative estimate of drug-likeness (QED) is 0.844. The zero-order valence-electron chi connectivity index (χ0n) is 8.73. The van der Waals surface area contributed by atoms with Crippen molar-refractivity contribution < 1.29 is 0 Å². The summed E-state index contributed by atoms with van der Waals surface area (Å²) in [6.07, 6.45) is 0.844. The largest absolute Gasteiger partial charge is 0.358 e. The minimum atomic E-state index is 0.0798. The number of hydrogen-bond acceptors (Lipinski definition) is 1. The molecule has 0 aliphatic carbocycles. The summed E-state index contributed by atoms with van der Waals surface area (Å²) in [7, 11) is 0. The SMILES string of the molecule is CCc1cc(=O)c2c(Br)ccc(C)c2[nH]1. The summed E-state index contributed by atoms with van der Waals surface area (Å²) in [5.41, 5.74) is 3.10. The zero-order valence-corrected chi connectivity index (χ0v) is 10.3. The molecule has 1 heterocycles. The Bertz CT molecular complexity index is 572. The molecule has 3 heteroatoms. The Balaban J connectivity index is 2.97. The van der Waals surface area contributed by atoms with Crippen molar-refractivity contribution in [3.63, 3.8) is 0 Å². The van der Waals surface area contributed by atoms with Gasteiger partial charge in [0, 0.05) is 16.2 Å². The van der Waals surface area contributed by atoms with Crippen molar-refractivity contribution in [1.82, 2.24) is 4.98 Å². The van der Waals surface area contributed by atoms with Crippen LogP contribution in [0.5, 0.6) is 0 Å². The molecule has 0 spiro atoms. The van der Waals surface area contributed by atoms with Gasteiger partial charge in [-0.1, -0.05) is 13.0 Å². The molecule has 78 valence electrons. The lowest BCUT2D eigenvalue weighted by Crippen LogP contribution is -2.06. The molecule has 2 nitrogen and oxygen atoms in total. The highest BCUT2D eigenvalue weighted by Gasteiger charge is 2.06. The number of aromatic nitrogens is 1. The molecule has 2 aromatic rings. The lowest BCUT2D eigenvalue weighted by Gasteiger charge is -2.06. The van der Waals surface area contributed by atoms with Crippen LogP contribution in [0.15, 0.2) is 27.5 Å². The first-order valence-corrected chi connectivity index (χ1v) is 5.73. The van der Waals surface area contributed by atoms with Gasteiger partial charge < -0.3 is 4.98 Å². The van der Waals surface area contributed by atoms with Gasteiger partial charge in [-0.15, -0.1) is 0 Å². The number of pyridine rings is 1. The van der Waals surface area contributed by atoms with E-state index in [1.165, 1.54) is 0 Å². The van der Waals surface area contributed by atoms with Crippen LogP contribution in [0, 0.1) is 6.92 Å². The second-order valence-electron chi connectivity index (χ2n) is 3.63. The molecule has 0 radical (unpaired) electrons. The minimum absolute atomic E-state index is 0.0798. The number of nitrogens with one attached hydrogen (secondary N) is 1. The Labute approximate surface area is 96.5 Å². The first-order valence-electron chi connectivity index (χ1n) is 4.94. The summed E-state index contributed by atoms with van der Waals surface area (Å²) >= 11 is 3.41. The summed E-state index contributed by atoms with van der Waals surface area (Å²) in [5, 5.41) is 0.743. The van der Waals surface area contributed by atoms with Crippen LogP contribution in [0.2, 0.25) is 0 Å². The number of fused-ring (bicyclic) bond motifs is 1. The van der Waals surface area contributed by atoms with E-state index in [0.717, 1.165) is 33.1 Å². The number of hydrogen-bond donors (Lipinski definition) is 1. The van der Waals surface area contributed by atoms with E-state index in [0.29, 0.717) is 0 Å². The van der Waals surface area contributed by atoms with Crippen LogP contribution in [-0.2, 0) is 6.42 Å². The molecule has 0 fully saturated rings. The fourth-order valence-electron chi connectivity index (χ4n) is 1.70. The first-order chi connectivity index (χ1) is 7.13. The molecular weight excluding hydrogens is 254 g/mol. The molecule has 1 aromatic heterocycles. The molecule has 0 atom stereocenters. The third-order valence-electron chi connectivity index (χ3n) is 2.58. The maximum absolute atomic E-state index is 11.9. The van der Waals surface area contributed by atoms with E-state index in [2.05, 4.69) is 20.9 Å². The smallest absolute Gasteiger partial charge is 0.190 e. The van der Waals surface area contributed by atoms with E-state index in [1.807, 2.05) is 26.0 Å². The number of halogens is 1. The average Bonchev–Trinajstić information content (AvgIpc) is 2.23. The molecule has 0 unspecified atom stereocenters. The molecule has 2 rings (SSSR count). The highest BCUT2D eigenvalue weighted by molar-refractivity contribution is 9.10. The molecule has 15 heavy (non-hydrogen) atoms. The molecule has 1 aromatic carbocycles. The standard InChI is InChI=1S/C12H12BrNO/c1-3-8-6-10(15)11-9(13)5-4-7(2)12(11)14-8/h4-6H,3H2,1-2H3,(H,14,15). The summed E-state index contributed by atoms with van der Waals surface area (Å²) < 4.78 is 0.854. The Morgan fingerprint density at radius 3 is 2.80 bits per heavy atom. The van der Waals surface area contributed by atoms with Crippen LogP contribution in [-0.4, -0.2) is 4.98 Å². The molecule has 0 aliphatic rings. The third kappa shape index (κ3) is 1.72. The van der Waals surface area contributed by atoms with Crippen molar-refractivity contribution in [2.24, 2.45) is 0 Å². The predicted octanol–water partition coefficient (Wildman–Crippen LogP) is 3.16. The molecule has 0 saturated heterocycles. The number of aromatic amines is 1. The highest BCUT2D eigenvalue weighted by atomic mass is 79.9. The molecule has 0 aliphatic heterocycles. The van der Waals surface area contributed by atoms with Gasteiger partial charge >= 0.3 is 0 Å². The van der Waals surface area contributed by atoms with Gasteiger partial charge in [0.2, 0.25) is 0 Å². The zero-order chi connectivity index (χ0) is 11.0. The summed E-state index contributed by atoms with van der Waals surface area (Å²) in [4.78, 5) is 15.2. The Kier molecular flexibility index (Phi) is 2.65. The van der Waals surface area contributed by atoms with Crippen LogP contribution >= 0.6 is 15.9 Å². The second kappa shape index (κ2) is 3.81. The van der Waals surface area contributed by atoms with Gasteiger partial charge in [-0.2, -0.15) is 0 Å². The van der Waals surface area contributed by atoms with Crippen molar-refractivity contribution in [2.45, 2.75) is 20.3 Å². The number of H-pyrrole nitrogens is 1. The minimum Gasteiger partial charge on any atom is -0.358 e. The first kappa shape index (κ1) is 10.4. The molecular formula is C12H12BrNO. The van der Waals surface area contributed by atoms with E-state index in [1.54, 1.807) is 6.07 Å². The van der Waals surface area contributed by atoms with Gasteiger partial charge in [-0.25, -0.2) is 0 Å². The molecule has 1 N–H and O–H groups in total. The van der Waals surface area contributed by atoms with Crippen LogP contribution in [0.4, 0.5) is 0 Å². The average molecular weight is 266 g/mol. The monoisotopic (exact) mass is 265 g/mol. The van der Waals surface area contributed by atoms with Crippen molar-refractivity contribution in [3.05, 3.63) is 44.2 Å². The van der Waals surface area contributed by atoms with Gasteiger partial charge in [0.15, 0.2) is 5.43 Å². The predicted molar refractivity (Wildman–Crippen MR) is 66.4 cm³/mol. The normalized spacial score (nSPS) is 10.9. The van der Waals surface area contributed by atoms with Gasteiger partial charge in [-0.3, -0.25) is 4.79 Å². The van der Waals surface area contributed by atoms with Crippen LogP contribution < -0.4 is 5.43 Å². The highest BCUT2D eigenvalue weighted by Crippen LogP contribution is 2.22. The van der Waals surface area contributed by atoms with E-state index in [-0.39, 0.29) is 5.43 Å². The summed E-state index contributed by atoms with van der Waals surface area (Å²) in [6.45, 7) is 4.04. The molecule has 0 bridgehead atoms. The Hall–Kier alpha value is -1.09. The molecule has 0 saturated carbocycles. The summed E-state index contributed by atoms with van der Waals surface area (Å²) in [5.74, 6) is 0.